The van der Waals surface area contributed by atoms with Gasteiger partial charge in [-0.05, 0) is 35.9 Å². The molecule has 7 rings (SSSR count). The molecule has 0 N–H and O–H groups in total. The predicted octanol–water partition coefficient (Wildman–Crippen LogP) is 7.79. The average molecular weight is 436 g/mol. The lowest BCUT2D eigenvalue weighted by atomic mass is 10.1. The maximum absolute atomic E-state index is 4.57. The first-order chi connectivity index (χ1) is 16.9. The van der Waals surface area contributed by atoms with Crippen LogP contribution < -0.4 is 0 Å². The molecular formula is C31H21N3. The standard InChI is InChI=1S/C31H21N3/c1-3-11-22(12-4-1)24-19-20-32-21-29(24)34-28-18-10-8-16-26(28)30-25-15-7-9-17-27(25)33(31(30)34)23-13-5-2-6-14-23/h1-21H. The summed E-state index contributed by atoms with van der Waals surface area (Å²) < 4.78 is 4.76. The molecule has 0 aliphatic rings. The van der Waals surface area contributed by atoms with Gasteiger partial charge in [0.1, 0.15) is 5.65 Å². The molecule has 4 aromatic carbocycles. The third kappa shape index (κ3) is 2.67. The van der Waals surface area contributed by atoms with E-state index >= 15 is 0 Å². The number of hydrogen-bond donors (Lipinski definition) is 0. The van der Waals surface area contributed by atoms with Gasteiger partial charge in [0.05, 0.1) is 22.9 Å². The molecule has 160 valence electrons. The highest BCUT2D eigenvalue weighted by atomic mass is 15.1. The van der Waals surface area contributed by atoms with Gasteiger partial charge in [0, 0.05) is 33.6 Å². The van der Waals surface area contributed by atoms with Crippen molar-refractivity contribution in [1.29, 1.82) is 0 Å². The summed E-state index contributed by atoms with van der Waals surface area (Å²) in [5, 5.41) is 3.76. The molecule has 0 saturated carbocycles. The lowest BCUT2D eigenvalue weighted by molar-refractivity contribution is 1.06. The van der Waals surface area contributed by atoms with Crippen LogP contribution in [0.4, 0.5) is 0 Å². The Hall–Kier alpha value is -4.63. The highest BCUT2D eigenvalue weighted by Gasteiger charge is 2.23. The quantitative estimate of drug-likeness (QED) is 0.278. The third-order valence-electron chi connectivity index (χ3n) is 6.62. The molecule has 7 aromatic rings. The van der Waals surface area contributed by atoms with Gasteiger partial charge in [0.15, 0.2) is 0 Å². The van der Waals surface area contributed by atoms with E-state index < -0.39 is 0 Å². The minimum absolute atomic E-state index is 1.07. The van der Waals surface area contributed by atoms with Gasteiger partial charge in [-0.1, -0.05) is 84.9 Å². The van der Waals surface area contributed by atoms with E-state index in [0.29, 0.717) is 0 Å². The summed E-state index contributed by atoms with van der Waals surface area (Å²) in [6.07, 6.45) is 3.86. The van der Waals surface area contributed by atoms with Crippen LogP contribution in [0.3, 0.4) is 0 Å². The number of fused-ring (bicyclic) bond motifs is 5. The van der Waals surface area contributed by atoms with Crippen molar-refractivity contribution in [3.63, 3.8) is 0 Å². The Morgan fingerprint density at radius 3 is 1.82 bits per heavy atom. The van der Waals surface area contributed by atoms with E-state index in [1.54, 1.807) is 0 Å². The van der Waals surface area contributed by atoms with Crippen molar-refractivity contribution in [2.45, 2.75) is 0 Å². The number of pyridine rings is 1. The number of para-hydroxylation sites is 3. The van der Waals surface area contributed by atoms with Gasteiger partial charge in [-0.3, -0.25) is 14.1 Å². The molecule has 0 bridgehead atoms. The molecule has 0 amide bonds. The van der Waals surface area contributed by atoms with E-state index in [9.17, 15) is 0 Å². The molecule has 0 aliphatic carbocycles. The fraction of sp³-hybridized carbons (Fsp3) is 0. The molecule has 0 spiro atoms. The SMILES string of the molecule is c1ccc(-c2ccncc2-n2c3ccccc3c3c4ccccc4n(-c4ccccc4)c32)cc1. The lowest BCUT2D eigenvalue weighted by Crippen LogP contribution is -2.03. The van der Waals surface area contributed by atoms with E-state index in [0.717, 1.165) is 22.6 Å². The lowest BCUT2D eigenvalue weighted by Gasteiger charge is -2.15. The van der Waals surface area contributed by atoms with Gasteiger partial charge < -0.3 is 0 Å². The summed E-state index contributed by atoms with van der Waals surface area (Å²) in [5.41, 5.74) is 8.06. The average Bonchev–Trinajstić information content (AvgIpc) is 3.42. The Morgan fingerprint density at radius 2 is 1.12 bits per heavy atom. The van der Waals surface area contributed by atoms with Crippen molar-refractivity contribution in [3.05, 3.63) is 128 Å². The number of rotatable bonds is 3. The van der Waals surface area contributed by atoms with Crippen LogP contribution in [0.1, 0.15) is 0 Å². The van der Waals surface area contributed by atoms with Crippen LogP contribution in [0.15, 0.2) is 128 Å². The maximum atomic E-state index is 4.57. The van der Waals surface area contributed by atoms with Gasteiger partial charge in [-0.2, -0.15) is 0 Å². The van der Waals surface area contributed by atoms with E-state index in [1.165, 1.54) is 32.8 Å². The van der Waals surface area contributed by atoms with Crippen molar-refractivity contribution in [2.75, 3.05) is 0 Å². The van der Waals surface area contributed by atoms with Crippen LogP contribution in [-0.4, -0.2) is 14.1 Å². The van der Waals surface area contributed by atoms with Crippen LogP contribution in [0, 0.1) is 0 Å². The molecule has 3 nitrogen and oxygen atoms in total. The summed E-state index contributed by atoms with van der Waals surface area (Å²) in [5.74, 6) is 0. The first kappa shape index (κ1) is 18.9. The zero-order valence-corrected chi connectivity index (χ0v) is 18.5. The monoisotopic (exact) mass is 435 g/mol. The highest BCUT2D eigenvalue weighted by molar-refractivity contribution is 6.22. The summed E-state index contributed by atoms with van der Waals surface area (Å²) >= 11 is 0. The predicted molar refractivity (Wildman–Crippen MR) is 141 cm³/mol. The van der Waals surface area contributed by atoms with E-state index in [1.807, 2.05) is 12.4 Å². The number of aromatic nitrogens is 3. The zero-order valence-electron chi connectivity index (χ0n) is 18.5. The topological polar surface area (TPSA) is 22.8 Å². The first-order valence-corrected chi connectivity index (χ1v) is 11.5. The molecule has 0 fully saturated rings. The molecular weight excluding hydrogens is 414 g/mol. The van der Waals surface area contributed by atoms with Crippen molar-refractivity contribution in [1.82, 2.24) is 14.1 Å². The van der Waals surface area contributed by atoms with Crippen molar-refractivity contribution in [3.8, 4) is 22.5 Å². The number of benzene rings is 4. The zero-order chi connectivity index (χ0) is 22.5. The van der Waals surface area contributed by atoms with Crippen LogP contribution in [0.2, 0.25) is 0 Å². The smallest absolute Gasteiger partial charge is 0.131 e. The Bertz CT molecular complexity index is 1790. The fourth-order valence-electron chi connectivity index (χ4n) is 5.21. The number of nitrogens with zero attached hydrogens (tertiary/aromatic N) is 3. The maximum Gasteiger partial charge on any atom is 0.131 e. The Morgan fingerprint density at radius 1 is 0.529 bits per heavy atom. The molecule has 0 unspecified atom stereocenters. The van der Waals surface area contributed by atoms with Gasteiger partial charge >= 0.3 is 0 Å². The van der Waals surface area contributed by atoms with E-state index in [2.05, 4.69) is 129 Å². The largest absolute Gasteiger partial charge is 0.295 e. The Kier molecular flexibility index (Phi) is 4.15. The summed E-state index contributed by atoms with van der Waals surface area (Å²) in [7, 11) is 0. The van der Waals surface area contributed by atoms with E-state index in [4.69, 9.17) is 0 Å². The van der Waals surface area contributed by atoms with Crippen molar-refractivity contribution in [2.24, 2.45) is 0 Å². The van der Waals surface area contributed by atoms with Crippen LogP contribution in [0.5, 0.6) is 0 Å². The molecule has 3 aromatic heterocycles. The fourth-order valence-corrected chi connectivity index (χ4v) is 5.21. The van der Waals surface area contributed by atoms with Gasteiger partial charge in [-0.15, -0.1) is 0 Å². The Labute approximate surface area is 197 Å². The van der Waals surface area contributed by atoms with Crippen LogP contribution in [-0.2, 0) is 0 Å². The molecule has 3 heterocycles. The molecule has 34 heavy (non-hydrogen) atoms. The van der Waals surface area contributed by atoms with Gasteiger partial charge in [0.2, 0.25) is 0 Å². The van der Waals surface area contributed by atoms with Gasteiger partial charge in [0.25, 0.3) is 0 Å². The van der Waals surface area contributed by atoms with Crippen molar-refractivity contribution >= 4 is 32.8 Å². The van der Waals surface area contributed by atoms with Crippen molar-refractivity contribution < 1.29 is 0 Å². The number of hydrogen-bond acceptors (Lipinski definition) is 1. The van der Waals surface area contributed by atoms with Crippen LogP contribution in [0.25, 0.3) is 55.3 Å². The minimum atomic E-state index is 1.07. The highest BCUT2D eigenvalue weighted by Crippen LogP contribution is 2.41. The van der Waals surface area contributed by atoms with E-state index in [-0.39, 0.29) is 0 Å². The second kappa shape index (κ2) is 7.46. The molecule has 0 aliphatic heterocycles. The normalized spacial score (nSPS) is 11.5. The summed E-state index contributed by atoms with van der Waals surface area (Å²) in [6.45, 7) is 0. The second-order valence-electron chi connectivity index (χ2n) is 8.50. The summed E-state index contributed by atoms with van der Waals surface area (Å²) in [4.78, 5) is 4.57. The molecule has 0 radical (unpaired) electrons. The molecule has 0 saturated heterocycles. The molecule has 0 atom stereocenters. The summed E-state index contributed by atoms with van der Waals surface area (Å²) in [6, 6.07) is 40.7. The van der Waals surface area contributed by atoms with Gasteiger partial charge in [-0.25, -0.2) is 0 Å². The third-order valence-corrected chi connectivity index (χ3v) is 6.62. The second-order valence-corrected chi connectivity index (χ2v) is 8.50. The van der Waals surface area contributed by atoms with Crippen LogP contribution >= 0.6 is 0 Å². The Balaban J connectivity index is 1.72. The first-order valence-electron chi connectivity index (χ1n) is 11.5. The molecule has 3 heteroatoms. The minimum Gasteiger partial charge on any atom is -0.295 e.